The molecule has 0 aliphatic carbocycles. The van der Waals surface area contributed by atoms with Crippen LogP contribution >= 0.6 is 11.3 Å². The normalized spacial score (nSPS) is 10.6. The zero-order valence-corrected chi connectivity index (χ0v) is 10.1. The summed E-state index contributed by atoms with van der Waals surface area (Å²) in [7, 11) is 1.71. The van der Waals surface area contributed by atoms with Crippen LogP contribution in [-0.2, 0) is 11.2 Å². The molecule has 0 spiro atoms. The highest BCUT2D eigenvalue weighted by Gasteiger charge is 2.06. The van der Waals surface area contributed by atoms with Gasteiger partial charge in [0.05, 0.1) is 6.61 Å². The Morgan fingerprint density at radius 3 is 2.88 bits per heavy atom. The maximum Gasteiger partial charge on any atom is 0.0503 e. The third-order valence-electron chi connectivity index (χ3n) is 2.60. The van der Waals surface area contributed by atoms with Gasteiger partial charge in [0.1, 0.15) is 0 Å². The predicted molar refractivity (Wildman–Crippen MR) is 69.7 cm³/mol. The molecule has 0 amide bonds. The fraction of sp³-hybridized carbons (Fsp3) is 0.231. The lowest BCUT2D eigenvalue weighted by molar-refractivity contribution is 0.202. The number of para-hydroxylation sites is 1. The van der Waals surface area contributed by atoms with Gasteiger partial charge in [0.2, 0.25) is 0 Å². The first kappa shape index (κ1) is 11.2. The Labute approximate surface area is 99.7 Å². The SMILES string of the molecule is COCCc1cccc(-c2ccsc2)c1N. The van der Waals surface area contributed by atoms with Gasteiger partial charge in [-0.3, -0.25) is 0 Å². The van der Waals surface area contributed by atoms with Crippen molar-refractivity contribution in [3.63, 3.8) is 0 Å². The average Bonchev–Trinajstić information content (AvgIpc) is 2.81. The summed E-state index contributed by atoms with van der Waals surface area (Å²) in [6, 6.07) is 8.27. The van der Waals surface area contributed by atoms with Crippen LogP contribution in [0, 0.1) is 0 Å². The molecule has 2 N–H and O–H groups in total. The van der Waals surface area contributed by atoms with Gasteiger partial charge in [-0.15, -0.1) is 0 Å². The van der Waals surface area contributed by atoms with Crippen molar-refractivity contribution < 1.29 is 4.74 Å². The fourth-order valence-corrected chi connectivity index (χ4v) is 2.37. The van der Waals surface area contributed by atoms with Crippen LogP contribution in [0.3, 0.4) is 0 Å². The number of rotatable bonds is 4. The maximum absolute atomic E-state index is 6.16. The molecule has 0 radical (unpaired) electrons. The van der Waals surface area contributed by atoms with Crippen LogP contribution in [0.4, 0.5) is 5.69 Å². The number of ether oxygens (including phenoxy) is 1. The van der Waals surface area contributed by atoms with E-state index in [4.69, 9.17) is 10.5 Å². The van der Waals surface area contributed by atoms with Crippen molar-refractivity contribution in [2.24, 2.45) is 0 Å². The fourth-order valence-electron chi connectivity index (χ4n) is 1.71. The van der Waals surface area contributed by atoms with Gasteiger partial charge in [0.25, 0.3) is 0 Å². The Hall–Kier alpha value is -1.32. The maximum atomic E-state index is 6.16. The van der Waals surface area contributed by atoms with Gasteiger partial charge in [0.15, 0.2) is 0 Å². The van der Waals surface area contributed by atoms with E-state index in [-0.39, 0.29) is 0 Å². The third kappa shape index (κ3) is 2.26. The summed E-state index contributed by atoms with van der Waals surface area (Å²) in [5, 5.41) is 4.18. The third-order valence-corrected chi connectivity index (χ3v) is 3.29. The molecule has 0 aliphatic rings. The molecule has 84 valence electrons. The van der Waals surface area contributed by atoms with E-state index in [1.165, 1.54) is 5.56 Å². The van der Waals surface area contributed by atoms with E-state index >= 15 is 0 Å². The van der Waals surface area contributed by atoms with Gasteiger partial charge in [-0.1, -0.05) is 18.2 Å². The summed E-state index contributed by atoms with van der Waals surface area (Å²) < 4.78 is 5.08. The Morgan fingerprint density at radius 2 is 2.19 bits per heavy atom. The van der Waals surface area contributed by atoms with Crippen LogP contribution in [0.15, 0.2) is 35.0 Å². The number of methoxy groups -OCH3 is 1. The van der Waals surface area contributed by atoms with Gasteiger partial charge >= 0.3 is 0 Å². The lowest BCUT2D eigenvalue weighted by Crippen LogP contribution is -2.00. The van der Waals surface area contributed by atoms with E-state index < -0.39 is 0 Å². The van der Waals surface area contributed by atoms with Crippen molar-refractivity contribution >= 4 is 17.0 Å². The zero-order chi connectivity index (χ0) is 11.4. The van der Waals surface area contributed by atoms with E-state index in [1.54, 1.807) is 18.4 Å². The van der Waals surface area contributed by atoms with Gasteiger partial charge in [-0.25, -0.2) is 0 Å². The van der Waals surface area contributed by atoms with Crippen molar-refractivity contribution in [1.29, 1.82) is 0 Å². The minimum atomic E-state index is 0.706. The van der Waals surface area contributed by atoms with E-state index in [0.29, 0.717) is 6.61 Å². The monoisotopic (exact) mass is 233 g/mol. The number of benzene rings is 1. The summed E-state index contributed by atoms with van der Waals surface area (Å²) >= 11 is 1.69. The van der Waals surface area contributed by atoms with Crippen LogP contribution < -0.4 is 5.73 Å². The lowest BCUT2D eigenvalue weighted by atomic mass is 10.0. The standard InChI is InChI=1S/C13H15NOS/c1-15-7-5-10-3-2-4-12(13(10)14)11-6-8-16-9-11/h2-4,6,8-9H,5,7,14H2,1H3. The predicted octanol–water partition coefficient (Wildman–Crippen LogP) is 3.19. The molecule has 0 saturated heterocycles. The van der Waals surface area contributed by atoms with Crippen molar-refractivity contribution in [1.82, 2.24) is 0 Å². The Bertz CT molecular complexity index is 451. The zero-order valence-electron chi connectivity index (χ0n) is 9.27. The lowest BCUT2D eigenvalue weighted by Gasteiger charge is -2.09. The molecule has 3 heteroatoms. The topological polar surface area (TPSA) is 35.2 Å². The van der Waals surface area contributed by atoms with Crippen LogP contribution in [0.2, 0.25) is 0 Å². The van der Waals surface area contributed by atoms with Crippen LogP contribution in [0.25, 0.3) is 11.1 Å². The summed E-state index contributed by atoms with van der Waals surface area (Å²) in [6.45, 7) is 0.706. The molecule has 0 unspecified atom stereocenters. The van der Waals surface area contributed by atoms with Gasteiger partial charge in [-0.2, -0.15) is 11.3 Å². The molecule has 1 aromatic carbocycles. The van der Waals surface area contributed by atoms with Crippen LogP contribution in [0.5, 0.6) is 0 Å². The number of hydrogen-bond donors (Lipinski definition) is 1. The Kier molecular flexibility index (Phi) is 3.59. The van der Waals surface area contributed by atoms with Crippen LogP contribution in [0.1, 0.15) is 5.56 Å². The number of nitrogen functional groups attached to an aromatic ring is 1. The molecular formula is C13H15NOS. The van der Waals surface area contributed by atoms with Crippen LogP contribution in [-0.4, -0.2) is 13.7 Å². The van der Waals surface area contributed by atoms with Gasteiger partial charge in [0, 0.05) is 18.4 Å². The first-order valence-electron chi connectivity index (χ1n) is 5.22. The summed E-state index contributed by atoms with van der Waals surface area (Å²) in [5.41, 5.74) is 10.5. The number of nitrogens with two attached hydrogens (primary N) is 1. The van der Waals surface area contributed by atoms with Crippen molar-refractivity contribution in [2.75, 3.05) is 19.5 Å². The molecular weight excluding hydrogens is 218 g/mol. The summed E-state index contributed by atoms with van der Waals surface area (Å²) in [4.78, 5) is 0. The highest BCUT2D eigenvalue weighted by molar-refractivity contribution is 7.08. The number of hydrogen-bond acceptors (Lipinski definition) is 3. The molecule has 2 rings (SSSR count). The second-order valence-electron chi connectivity index (χ2n) is 3.63. The Balaban J connectivity index is 2.33. The Morgan fingerprint density at radius 1 is 1.31 bits per heavy atom. The second kappa shape index (κ2) is 5.14. The minimum Gasteiger partial charge on any atom is -0.398 e. The quantitative estimate of drug-likeness (QED) is 0.823. The molecule has 1 aromatic heterocycles. The highest BCUT2D eigenvalue weighted by Crippen LogP contribution is 2.30. The van der Waals surface area contributed by atoms with Crippen molar-refractivity contribution in [3.8, 4) is 11.1 Å². The van der Waals surface area contributed by atoms with Crippen molar-refractivity contribution in [3.05, 3.63) is 40.6 Å². The molecule has 2 nitrogen and oxygen atoms in total. The van der Waals surface area contributed by atoms with Crippen molar-refractivity contribution in [2.45, 2.75) is 6.42 Å². The first-order chi connectivity index (χ1) is 7.83. The first-order valence-corrected chi connectivity index (χ1v) is 6.16. The number of anilines is 1. The molecule has 0 atom stereocenters. The van der Waals surface area contributed by atoms with E-state index in [2.05, 4.69) is 29.0 Å². The smallest absolute Gasteiger partial charge is 0.0503 e. The second-order valence-corrected chi connectivity index (χ2v) is 4.41. The number of thiophene rings is 1. The average molecular weight is 233 g/mol. The van der Waals surface area contributed by atoms with Gasteiger partial charge in [-0.05, 0) is 34.4 Å². The van der Waals surface area contributed by atoms with E-state index in [1.807, 2.05) is 6.07 Å². The molecule has 2 aromatic rings. The minimum absolute atomic E-state index is 0.706. The highest BCUT2D eigenvalue weighted by atomic mass is 32.1. The molecule has 0 fully saturated rings. The molecule has 0 aliphatic heterocycles. The largest absolute Gasteiger partial charge is 0.398 e. The summed E-state index contributed by atoms with van der Waals surface area (Å²) in [6.07, 6.45) is 0.861. The molecule has 16 heavy (non-hydrogen) atoms. The van der Waals surface area contributed by atoms with E-state index in [0.717, 1.165) is 23.2 Å². The van der Waals surface area contributed by atoms with Gasteiger partial charge < -0.3 is 10.5 Å². The molecule has 1 heterocycles. The van der Waals surface area contributed by atoms with E-state index in [9.17, 15) is 0 Å². The molecule has 0 bridgehead atoms. The summed E-state index contributed by atoms with van der Waals surface area (Å²) in [5.74, 6) is 0. The molecule has 0 saturated carbocycles.